The Morgan fingerprint density at radius 3 is 2.36 bits per heavy atom. The molecule has 0 nitrogen and oxygen atoms in total. The first-order valence-corrected chi connectivity index (χ1v) is 7.85. The van der Waals surface area contributed by atoms with Crippen LogP contribution in [0.2, 0.25) is 0 Å². The van der Waals surface area contributed by atoms with E-state index in [4.69, 9.17) is 0 Å². The average molecular weight is 210 g/mol. The molecule has 0 amide bonds. The van der Waals surface area contributed by atoms with Gasteiger partial charge in [0.25, 0.3) is 0 Å². The monoisotopic (exact) mass is 210 g/mol. The number of rotatable bonds is 3. The van der Waals surface area contributed by atoms with E-state index < -0.39 is 10.0 Å². The molecule has 0 unspecified atom stereocenters. The van der Waals surface area contributed by atoms with Gasteiger partial charge >= 0.3 is 0 Å². The minimum atomic E-state index is -0.458. The molecule has 0 aromatic carbocycles. The van der Waals surface area contributed by atoms with E-state index in [9.17, 15) is 0 Å². The van der Waals surface area contributed by atoms with E-state index in [1.807, 2.05) is 6.08 Å². The molecule has 1 aliphatic rings. The van der Waals surface area contributed by atoms with Crippen molar-refractivity contribution in [3.63, 3.8) is 0 Å². The smallest absolute Gasteiger partial charge is 0.0196 e. The third-order valence-corrected chi connectivity index (χ3v) is 6.02. The van der Waals surface area contributed by atoms with Crippen LogP contribution in [-0.2, 0) is 0 Å². The van der Waals surface area contributed by atoms with E-state index in [-0.39, 0.29) is 0 Å². The molecule has 0 aromatic heterocycles. The van der Waals surface area contributed by atoms with Gasteiger partial charge in [-0.3, -0.25) is 0 Å². The summed E-state index contributed by atoms with van der Waals surface area (Å²) in [5, 5.41) is 2.49. The van der Waals surface area contributed by atoms with E-state index >= 15 is 0 Å². The Hall–Kier alpha value is -0.430. The minimum absolute atomic E-state index is 0.458. The summed E-state index contributed by atoms with van der Waals surface area (Å²) in [5.41, 5.74) is 1.31. The van der Waals surface area contributed by atoms with Gasteiger partial charge in [-0.05, 0) is 48.5 Å². The number of allylic oxidation sites excluding steroid dienone is 4. The van der Waals surface area contributed by atoms with E-state index in [1.165, 1.54) is 36.3 Å². The highest BCUT2D eigenvalue weighted by molar-refractivity contribution is 8.35. The van der Waals surface area contributed by atoms with Crippen LogP contribution in [0.15, 0.2) is 35.8 Å². The molecule has 1 aliphatic heterocycles. The maximum atomic E-state index is 3.87. The summed E-state index contributed by atoms with van der Waals surface area (Å²) < 4.78 is 0. The van der Waals surface area contributed by atoms with Gasteiger partial charge in [0.2, 0.25) is 0 Å². The van der Waals surface area contributed by atoms with Crippen molar-refractivity contribution >= 4 is 10.0 Å². The van der Waals surface area contributed by atoms with Crippen molar-refractivity contribution in [2.45, 2.75) is 26.2 Å². The average Bonchev–Trinajstić information content (AvgIpc) is 2.18. The van der Waals surface area contributed by atoms with Gasteiger partial charge in [-0.1, -0.05) is 31.2 Å². The first-order chi connectivity index (χ1) is 6.70. The fourth-order valence-electron chi connectivity index (χ4n) is 1.94. The molecule has 0 saturated carbocycles. The molecule has 1 heteroatoms. The largest absolute Gasteiger partial charge is 0.223 e. The highest BCUT2D eigenvalue weighted by Crippen LogP contribution is 2.51. The van der Waals surface area contributed by atoms with Crippen LogP contribution in [0.1, 0.15) is 26.2 Å². The lowest BCUT2D eigenvalue weighted by molar-refractivity contribution is 0.757. The van der Waals surface area contributed by atoms with Gasteiger partial charge < -0.3 is 0 Å². The maximum absolute atomic E-state index is 3.87. The van der Waals surface area contributed by atoms with Crippen LogP contribution in [0.3, 0.4) is 0 Å². The van der Waals surface area contributed by atoms with Gasteiger partial charge in [0.1, 0.15) is 0 Å². The maximum Gasteiger partial charge on any atom is -0.0196 e. The van der Waals surface area contributed by atoms with Gasteiger partial charge in [-0.15, -0.1) is 0 Å². The zero-order valence-corrected chi connectivity index (χ0v) is 10.3. The van der Waals surface area contributed by atoms with Gasteiger partial charge in [0.05, 0.1) is 0 Å². The molecule has 0 bridgehead atoms. The molecule has 1 fully saturated rings. The molecule has 0 radical (unpaired) electrons. The van der Waals surface area contributed by atoms with Gasteiger partial charge in [0.15, 0.2) is 0 Å². The molecular formula is C13H22S. The van der Waals surface area contributed by atoms with Gasteiger partial charge in [-0.2, -0.15) is 0 Å². The Labute approximate surface area is 90.1 Å². The van der Waals surface area contributed by atoms with Crippen LogP contribution in [0.5, 0.6) is 0 Å². The fourth-order valence-corrected chi connectivity index (χ4v) is 4.94. The lowest BCUT2D eigenvalue weighted by Gasteiger charge is -2.36. The summed E-state index contributed by atoms with van der Waals surface area (Å²) in [4.78, 5) is 0. The Morgan fingerprint density at radius 1 is 1.21 bits per heavy atom. The molecule has 0 spiro atoms. The SMILES string of the molecule is C=CC(/C=C\C)=C\S1(C)CCCCC1. The lowest BCUT2D eigenvalue weighted by atomic mass is 10.3. The Balaban J connectivity index is 2.74. The molecule has 0 aliphatic carbocycles. The van der Waals surface area contributed by atoms with Crippen molar-refractivity contribution in [3.05, 3.63) is 35.8 Å². The van der Waals surface area contributed by atoms with Gasteiger partial charge in [0, 0.05) is 0 Å². The molecule has 0 N–H and O–H groups in total. The highest BCUT2D eigenvalue weighted by atomic mass is 32.3. The predicted octanol–water partition coefficient (Wildman–Crippen LogP) is 4.25. The number of hydrogen-bond donors (Lipinski definition) is 0. The van der Waals surface area contributed by atoms with Crippen molar-refractivity contribution in [2.24, 2.45) is 0 Å². The molecule has 1 saturated heterocycles. The quantitative estimate of drug-likeness (QED) is 0.611. The summed E-state index contributed by atoms with van der Waals surface area (Å²) in [6.07, 6.45) is 13.0. The van der Waals surface area contributed by atoms with Gasteiger partial charge in [-0.25, -0.2) is 10.0 Å². The lowest BCUT2D eigenvalue weighted by Crippen LogP contribution is -2.11. The van der Waals surface area contributed by atoms with Crippen molar-refractivity contribution < 1.29 is 0 Å². The molecule has 1 rings (SSSR count). The standard InChI is InChI=1S/C13H22S/c1-4-9-13(5-2)12-14(3)10-7-6-8-11-14/h4-5,9,12H,2,6-8,10-11H2,1,3H3/b9-4-,13-12+. The van der Waals surface area contributed by atoms with Crippen LogP contribution < -0.4 is 0 Å². The normalized spacial score (nSPS) is 24.9. The van der Waals surface area contributed by atoms with Crippen LogP contribution in [-0.4, -0.2) is 17.8 Å². The Morgan fingerprint density at radius 2 is 1.86 bits per heavy atom. The molecule has 14 heavy (non-hydrogen) atoms. The second-order valence-corrected chi connectivity index (χ2v) is 7.89. The number of hydrogen-bond acceptors (Lipinski definition) is 0. The van der Waals surface area contributed by atoms with Crippen LogP contribution in [0.25, 0.3) is 0 Å². The van der Waals surface area contributed by atoms with E-state index in [0.717, 1.165) is 0 Å². The van der Waals surface area contributed by atoms with Crippen LogP contribution >= 0.6 is 10.0 Å². The third kappa shape index (κ3) is 3.38. The van der Waals surface area contributed by atoms with E-state index in [2.05, 4.69) is 37.3 Å². The van der Waals surface area contributed by atoms with Crippen LogP contribution in [0.4, 0.5) is 0 Å². The second-order valence-electron chi connectivity index (χ2n) is 4.14. The Kier molecular flexibility index (Phi) is 4.53. The third-order valence-electron chi connectivity index (χ3n) is 2.74. The minimum Gasteiger partial charge on any atom is -0.223 e. The second kappa shape index (κ2) is 5.45. The summed E-state index contributed by atoms with van der Waals surface area (Å²) in [6.45, 7) is 5.94. The van der Waals surface area contributed by atoms with Crippen molar-refractivity contribution in [3.8, 4) is 0 Å². The highest BCUT2D eigenvalue weighted by Gasteiger charge is 2.18. The topological polar surface area (TPSA) is 0 Å². The molecule has 80 valence electrons. The van der Waals surface area contributed by atoms with E-state index in [1.54, 1.807) is 0 Å². The van der Waals surface area contributed by atoms with E-state index in [0.29, 0.717) is 0 Å². The van der Waals surface area contributed by atoms with Crippen molar-refractivity contribution in [2.75, 3.05) is 17.8 Å². The summed E-state index contributed by atoms with van der Waals surface area (Å²) in [7, 11) is -0.458. The molecule has 1 heterocycles. The van der Waals surface area contributed by atoms with Crippen LogP contribution in [0, 0.1) is 0 Å². The first-order valence-electron chi connectivity index (χ1n) is 5.41. The zero-order chi connectivity index (χ0) is 10.4. The van der Waals surface area contributed by atoms with Crippen molar-refractivity contribution in [1.29, 1.82) is 0 Å². The predicted molar refractivity (Wildman–Crippen MR) is 70.2 cm³/mol. The summed E-state index contributed by atoms with van der Waals surface area (Å²) >= 11 is 0. The van der Waals surface area contributed by atoms with Crippen molar-refractivity contribution in [1.82, 2.24) is 0 Å². The molecule has 0 aromatic rings. The molecular weight excluding hydrogens is 188 g/mol. The summed E-state index contributed by atoms with van der Waals surface area (Å²) in [6, 6.07) is 0. The molecule has 0 atom stereocenters. The first kappa shape index (κ1) is 11.6. The summed E-state index contributed by atoms with van der Waals surface area (Å²) in [5.74, 6) is 2.84. The fraction of sp³-hybridized carbons (Fsp3) is 0.538. The Bertz CT molecular complexity index is 242. The zero-order valence-electron chi connectivity index (χ0n) is 9.46.